The molecule has 1 aromatic rings. The lowest BCUT2D eigenvalue weighted by atomic mass is 9.89. The summed E-state index contributed by atoms with van der Waals surface area (Å²) in [6, 6.07) is 5.96. The fraction of sp³-hybridized carbons (Fsp3) is 0.588. The second-order valence-corrected chi connectivity index (χ2v) is 6.55. The quantitative estimate of drug-likeness (QED) is 0.847. The van der Waals surface area contributed by atoms with Gasteiger partial charge in [-0.3, -0.25) is 4.79 Å². The van der Waals surface area contributed by atoms with Gasteiger partial charge >= 0.3 is 0 Å². The van der Waals surface area contributed by atoms with E-state index in [4.69, 9.17) is 4.74 Å². The van der Waals surface area contributed by atoms with Crippen molar-refractivity contribution in [3.05, 3.63) is 29.3 Å². The van der Waals surface area contributed by atoms with E-state index in [0.717, 1.165) is 11.3 Å². The molecule has 0 aromatic heterocycles. The van der Waals surface area contributed by atoms with Gasteiger partial charge in [0.2, 0.25) is 5.91 Å². The van der Waals surface area contributed by atoms with Gasteiger partial charge in [-0.05, 0) is 30.9 Å². The first-order chi connectivity index (χ1) is 9.70. The molecule has 4 heteroatoms. The van der Waals surface area contributed by atoms with Crippen molar-refractivity contribution in [3.63, 3.8) is 0 Å². The SMILES string of the molecule is Cc1ccc(OCCC(=O)NCC(O)C(C)(C)C)c(C)c1. The summed E-state index contributed by atoms with van der Waals surface area (Å²) >= 11 is 0. The van der Waals surface area contributed by atoms with E-state index in [1.165, 1.54) is 5.56 Å². The van der Waals surface area contributed by atoms with Crippen LogP contribution in [-0.4, -0.2) is 30.3 Å². The van der Waals surface area contributed by atoms with Crippen molar-refractivity contribution in [1.82, 2.24) is 5.32 Å². The highest BCUT2D eigenvalue weighted by molar-refractivity contribution is 5.76. The summed E-state index contributed by atoms with van der Waals surface area (Å²) in [7, 11) is 0. The zero-order chi connectivity index (χ0) is 16.0. The smallest absolute Gasteiger partial charge is 0.223 e. The van der Waals surface area contributed by atoms with Crippen molar-refractivity contribution in [2.24, 2.45) is 5.41 Å². The first kappa shape index (κ1) is 17.5. The third kappa shape index (κ3) is 6.17. The maximum absolute atomic E-state index is 11.7. The van der Waals surface area contributed by atoms with Crippen molar-refractivity contribution < 1.29 is 14.6 Å². The van der Waals surface area contributed by atoms with Crippen molar-refractivity contribution in [3.8, 4) is 5.75 Å². The summed E-state index contributed by atoms with van der Waals surface area (Å²) in [6.07, 6.45) is -0.272. The number of carbonyl (C=O) groups is 1. The maximum Gasteiger partial charge on any atom is 0.223 e. The van der Waals surface area contributed by atoms with Crippen LogP contribution in [0.5, 0.6) is 5.75 Å². The molecule has 0 heterocycles. The van der Waals surface area contributed by atoms with Crippen molar-refractivity contribution in [2.45, 2.75) is 47.1 Å². The Hall–Kier alpha value is -1.55. The Morgan fingerprint density at radius 3 is 2.57 bits per heavy atom. The molecule has 0 saturated heterocycles. The number of benzene rings is 1. The largest absolute Gasteiger partial charge is 0.493 e. The molecule has 118 valence electrons. The standard InChI is InChI=1S/C17H27NO3/c1-12-6-7-14(13(2)10-12)21-9-8-16(20)18-11-15(19)17(3,4)5/h6-7,10,15,19H,8-9,11H2,1-5H3,(H,18,20). The molecule has 21 heavy (non-hydrogen) atoms. The van der Waals surface area contributed by atoms with Crippen LogP contribution in [-0.2, 0) is 4.79 Å². The first-order valence-corrected chi connectivity index (χ1v) is 7.35. The van der Waals surface area contributed by atoms with Gasteiger partial charge in [-0.25, -0.2) is 0 Å². The molecule has 1 aromatic carbocycles. The van der Waals surface area contributed by atoms with Gasteiger partial charge in [-0.1, -0.05) is 38.5 Å². The van der Waals surface area contributed by atoms with Gasteiger partial charge in [-0.2, -0.15) is 0 Å². The Bertz CT molecular complexity index is 477. The van der Waals surface area contributed by atoms with Crippen molar-refractivity contribution in [2.75, 3.05) is 13.2 Å². The lowest BCUT2D eigenvalue weighted by Gasteiger charge is -2.25. The third-order valence-electron chi connectivity index (χ3n) is 3.41. The van der Waals surface area contributed by atoms with E-state index in [9.17, 15) is 9.90 Å². The van der Waals surface area contributed by atoms with E-state index in [2.05, 4.69) is 11.4 Å². The number of rotatable bonds is 6. The molecule has 1 atom stereocenters. The summed E-state index contributed by atoms with van der Waals surface area (Å²) in [4.78, 5) is 11.7. The lowest BCUT2D eigenvalue weighted by Crippen LogP contribution is -2.39. The van der Waals surface area contributed by atoms with Crippen LogP contribution in [0.2, 0.25) is 0 Å². The molecule has 1 amide bonds. The summed E-state index contributed by atoms with van der Waals surface area (Å²) in [5.41, 5.74) is 2.02. The number of aryl methyl sites for hydroxylation is 2. The van der Waals surface area contributed by atoms with Crippen LogP contribution < -0.4 is 10.1 Å². The number of hydrogen-bond acceptors (Lipinski definition) is 3. The fourth-order valence-corrected chi connectivity index (χ4v) is 1.82. The predicted molar refractivity (Wildman–Crippen MR) is 84.5 cm³/mol. The zero-order valence-electron chi connectivity index (χ0n) is 13.7. The second-order valence-electron chi connectivity index (χ2n) is 6.55. The molecule has 0 spiro atoms. The molecule has 0 aliphatic heterocycles. The molecule has 0 fully saturated rings. The van der Waals surface area contributed by atoms with Gasteiger partial charge in [0.05, 0.1) is 19.1 Å². The molecule has 0 aliphatic rings. The number of aliphatic hydroxyl groups excluding tert-OH is 1. The van der Waals surface area contributed by atoms with Crippen LogP contribution in [0.3, 0.4) is 0 Å². The Balaban J connectivity index is 2.31. The Kier molecular flexibility index (Phi) is 6.21. The Morgan fingerprint density at radius 2 is 2.00 bits per heavy atom. The second kappa shape index (κ2) is 7.46. The molecule has 1 rings (SSSR count). The summed E-state index contributed by atoms with van der Waals surface area (Å²) in [6.45, 7) is 10.4. The van der Waals surface area contributed by atoms with Crippen molar-refractivity contribution >= 4 is 5.91 Å². The molecule has 0 bridgehead atoms. The minimum absolute atomic E-state index is 0.108. The van der Waals surface area contributed by atoms with Crippen LogP contribution in [0.25, 0.3) is 0 Å². The molecule has 4 nitrogen and oxygen atoms in total. The molecule has 0 aliphatic carbocycles. The highest BCUT2D eigenvalue weighted by Gasteiger charge is 2.22. The minimum Gasteiger partial charge on any atom is -0.493 e. The monoisotopic (exact) mass is 293 g/mol. The van der Waals surface area contributed by atoms with Gasteiger partial charge < -0.3 is 15.2 Å². The minimum atomic E-state index is -0.554. The van der Waals surface area contributed by atoms with Gasteiger partial charge in [0, 0.05) is 6.54 Å². The number of carbonyl (C=O) groups excluding carboxylic acids is 1. The lowest BCUT2D eigenvalue weighted by molar-refractivity contribution is -0.122. The highest BCUT2D eigenvalue weighted by Crippen LogP contribution is 2.19. The number of amides is 1. The average Bonchev–Trinajstić information content (AvgIpc) is 2.37. The number of aliphatic hydroxyl groups is 1. The topological polar surface area (TPSA) is 58.6 Å². The van der Waals surface area contributed by atoms with E-state index in [1.807, 2.05) is 46.8 Å². The summed E-state index contributed by atoms with van der Waals surface area (Å²) in [5, 5.41) is 12.6. The van der Waals surface area contributed by atoms with Crippen LogP contribution in [0.15, 0.2) is 18.2 Å². The molecule has 2 N–H and O–H groups in total. The molecular weight excluding hydrogens is 266 g/mol. The van der Waals surface area contributed by atoms with Crippen LogP contribution in [0.4, 0.5) is 0 Å². The summed E-state index contributed by atoms with van der Waals surface area (Å²) < 4.78 is 5.61. The number of nitrogens with one attached hydrogen (secondary N) is 1. The fourth-order valence-electron chi connectivity index (χ4n) is 1.82. The van der Waals surface area contributed by atoms with E-state index >= 15 is 0 Å². The Morgan fingerprint density at radius 1 is 1.33 bits per heavy atom. The molecule has 0 saturated carbocycles. The van der Waals surface area contributed by atoms with E-state index in [1.54, 1.807) is 0 Å². The zero-order valence-corrected chi connectivity index (χ0v) is 13.7. The normalized spacial score (nSPS) is 12.9. The molecular formula is C17H27NO3. The maximum atomic E-state index is 11.7. The van der Waals surface area contributed by atoms with E-state index in [-0.39, 0.29) is 24.3 Å². The number of hydrogen-bond donors (Lipinski definition) is 2. The third-order valence-corrected chi connectivity index (χ3v) is 3.41. The molecule has 1 unspecified atom stereocenters. The van der Waals surface area contributed by atoms with Crippen LogP contribution in [0, 0.1) is 19.3 Å². The van der Waals surface area contributed by atoms with Gasteiger partial charge in [0.25, 0.3) is 0 Å². The van der Waals surface area contributed by atoms with Crippen LogP contribution in [0.1, 0.15) is 38.3 Å². The van der Waals surface area contributed by atoms with Gasteiger partial charge in [0.15, 0.2) is 0 Å². The Labute approximate surface area is 127 Å². The van der Waals surface area contributed by atoms with Crippen molar-refractivity contribution in [1.29, 1.82) is 0 Å². The summed E-state index contributed by atoms with van der Waals surface area (Å²) in [5.74, 6) is 0.700. The predicted octanol–water partition coefficient (Wildman–Crippen LogP) is 2.60. The van der Waals surface area contributed by atoms with E-state index < -0.39 is 6.10 Å². The van der Waals surface area contributed by atoms with Gasteiger partial charge in [0.1, 0.15) is 5.75 Å². The average molecular weight is 293 g/mol. The van der Waals surface area contributed by atoms with Gasteiger partial charge in [-0.15, -0.1) is 0 Å². The molecule has 0 radical (unpaired) electrons. The highest BCUT2D eigenvalue weighted by atomic mass is 16.5. The van der Waals surface area contributed by atoms with Crippen LogP contribution >= 0.6 is 0 Å². The van der Waals surface area contributed by atoms with E-state index in [0.29, 0.717) is 6.61 Å². The first-order valence-electron chi connectivity index (χ1n) is 7.35. The number of ether oxygens (including phenoxy) is 1.